The Morgan fingerprint density at radius 1 is 1.24 bits per heavy atom. The van der Waals surface area contributed by atoms with Crippen LogP contribution in [0, 0.1) is 5.82 Å². The van der Waals surface area contributed by atoms with E-state index in [1.54, 1.807) is 24.3 Å². The zero-order valence-corrected chi connectivity index (χ0v) is 14.8. The molecule has 0 saturated heterocycles. The maximum atomic E-state index is 13.7. The normalized spacial score (nSPS) is 10.8. The molecule has 1 heterocycles. The lowest BCUT2D eigenvalue weighted by Gasteiger charge is -2.07. The molecule has 3 rings (SSSR count). The maximum absolute atomic E-state index is 13.7. The fourth-order valence-electron chi connectivity index (χ4n) is 2.47. The molecule has 0 aliphatic rings. The van der Waals surface area contributed by atoms with Gasteiger partial charge in [-0.1, -0.05) is 28.1 Å². The summed E-state index contributed by atoms with van der Waals surface area (Å²) < 4.78 is 14.3. The summed E-state index contributed by atoms with van der Waals surface area (Å²) >= 11 is 3.16. The summed E-state index contributed by atoms with van der Waals surface area (Å²) in [6.45, 7) is 0. The fourth-order valence-corrected chi connectivity index (χ4v) is 2.81. The summed E-state index contributed by atoms with van der Waals surface area (Å²) in [5, 5.41) is 3.07. The third-order valence-electron chi connectivity index (χ3n) is 3.68. The minimum atomic E-state index is -0.497. The van der Waals surface area contributed by atoms with Crippen LogP contribution in [0.4, 0.5) is 10.1 Å². The number of aromatic amines is 1. The van der Waals surface area contributed by atoms with Crippen LogP contribution in [0.5, 0.6) is 0 Å². The van der Waals surface area contributed by atoms with Gasteiger partial charge in [-0.3, -0.25) is 9.59 Å². The van der Waals surface area contributed by atoms with E-state index in [1.807, 2.05) is 6.07 Å². The molecule has 0 unspecified atom stereocenters. The van der Waals surface area contributed by atoms with Crippen molar-refractivity contribution in [3.05, 3.63) is 68.9 Å². The van der Waals surface area contributed by atoms with E-state index in [4.69, 9.17) is 0 Å². The Balaban J connectivity index is 1.59. The summed E-state index contributed by atoms with van der Waals surface area (Å²) in [6.07, 6.45) is 1.15. The van der Waals surface area contributed by atoms with Crippen LogP contribution in [0.15, 0.2) is 51.7 Å². The number of aryl methyl sites for hydroxylation is 1. The molecule has 2 N–H and O–H groups in total. The summed E-state index contributed by atoms with van der Waals surface area (Å²) in [6, 6.07) is 11.5. The molecule has 2 aromatic carbocycles. The molecule has 7 heteroatoms. The first-order valence-electron chi connectivity index (χ1n) is 7.76. The number of halogens is 2. The molecule has 0 aliphatic carbocycles. The Hall–Kier alpha value is -2.54. The smallest absolute Gasteiger partial charge is 0.258 e. The Morgan fingerprint density at radius 3 is 2.84 bits per heavy atom. The van der Waals surface area contributed by atoms with Gasteiger partial charge in [0.15, 0.2) is 0 Å². The third kappa shape index (κ3) is 4.30. The first-order chi connectivity index (χ1) is 12.0. The van der Waals surface area contributed by atoms with E-state index in [-0.39, 0.29) is 23.6 Å². The standard InChI is InChI=1S/C18H15BrFN3O2/c19-11-8-9-15(13(20)10-11)22-17(24)7-3-6-16-21-14-5-2-1-4-12(14)18(25)23-16/h1-2,4-5,8-10H,3,6-7H2,(H,22,24)(H,21,23,25). The van der Waals surface area contributed by atoms with Crippen molar-refractivity contribution in [3.8, 4) is 0 Å². The molecule has 0 bridgehead atoms. The molecule has 128 valence electrons. The molecule has 0 spiro atoms. The van der Waals surface area contributed by atoms with Crippen molar-refractivity contribution < 1.29 is 9.18 Å². The number of aromatic nitrogens is 2. The van der Waals surface area contributed by atoms with E-state index in [2.05, 4.69) is 31.2 Å². The number of nitrogens with zero attached hydrogens (tertiary/aromatic N) is 1. The van der Waals surface area contributed by atoms with Crippen LogP contribution in [0.25, 0.3) is 10.9 Å². The van der Waals surface area contributed by atoms with Crippen molar-refractivity contribution in [2.75, 3.05) is 5.32 Å². The molecule has 0 fully saturated rings. The predicted octanol–water partition coefficient (Wildman–Crippen LogP) is 3.79. The van der Waals surface area contributed by atoms with Crippen molar-refractivity contribution in [3.63, 3.8) is 0 Å². The van der Waals surface area contributed by atoms with E-state index in [0.717, 1.165) is 0 Å². The zero-order chi connectivity index (χ0) is 17.8. The highest BCUT2D eigenvalue weighted by Crippen LogP contribution is 2.19. The average Bonchev–Trinajstić information content (AvgIpc) is 2.57. The topological polar surface area (TPSA) is 74.8 Å². The van der Waals surface area contributed by atoms with Gasteiger partial charge < -0.3 is 10.3 Å². The Morgan fingerprint density at radius 2 is 2.04 bits per heavy atom. The molecule has 0 radical (unpaired) electrons. The maximum Gasteiger partial charge on any atom is 0.258 e. The van der Waals surface area contributed by atoms with Gasteiger partial charge in [0.05, 0.1) is 16.6 Å². The van der Waals surface area contributed by atoms with E-state index < -0.39 is 5.82 Å². The van der Waals surface area contributed by atoms with Crippen LogP contribution in [-0.4, -0.2) is 15.9 Å². The van der Waals surface area contributed by atoms with Crippen LogP contribution in [0.3, 0.4) is 0 Å². The number of para-hydroxylation sites is 1. The number of hydrogen-bond donors (Lipinski definition) is 2. The molecule has 0 atom stereocenters. The number of benzene rings is 2. The van der Waals surface area contributed by atoms with E-state index in [0.29, 0.717) is 34.0 Å². The van der Waals surface area contributed by atoms with Gasteiger partial charge in [0, 0.05) is 17.3 Å². The van der Waals surface area contributed by atoms with Crippen LogP contribution < -0.4 is 10.9 Å². The number of hydrogen-bond acceptors (Lipinski definition) is 3. The second-order valence-corrected chi connectivity index (χ2v) is 6.47. The molecule has 3 aromatic rings. The number of anilines is 1. The van der Waals surface area contributed by atoms with Crippen molar-refractivity contribution in [1.29, 1.82) is 0 Å². The van der Waals surface area contributed by atoms with E-state index >= 15 is 0 Å². The second kappa shape index (κ2) is 7.57. The highest BCUT2D eigenvalue weighted by Gasteiger charge is 2.08. The van der Waals surface area contributed by atoms with E-state index in [1.165, 1.54) is 12.1 Å². The van der Waals surface area contributed by atoms with Gasteiger partial charge in [0.1, 0.15) is 11.6 Å². The van der Waals surface area contributed by atoms with Crippen molar-refractivity contribution in [1.82, 2.24) is 9.97 Å². The van der Waals surface area contributed by atoms with Crippen LogP contribution in [0.2, 0.25) is 0 Å². The molecule has 1 aromatic heterocycles. The van der Waals surface area contributed by atoms with Crippen LogP contribution >= 0.6 is 15.9 Å². The zero-order valence-electron chi connectivity index (χ0n) is 13.2. The van der Waals surface area contributed by atoms with Gasteiger partial charge in [-0.25, -0.2) is 9.37 Å². The molecule has 0 saturated carbocycles. The largest absolute Gasteiger partial charge is 0.324 e. The quantitative estimate of drug-likeness (QED) is 0.680. The van der Waals surface area contributed by atoms with Crippen LogP contribution in [-0.2, 0) is 11.2 Å². The number of H-pyrrole nitrogens is 1. The monoisotopic (exact) mass is 403 g/mol. The average molecular weight is 404 g/mol. The van der Waals surface area contributed by atoms with Crippen molar-refractivity contribution in [2.24, 2.45) is 0 Å². The van der Waals surface area contributed by atoms with Gasteiger partial charge >= 0.3 is 0 Å². The highest BCUT2D eigenvalue weighted by atomic mass is 79.9. The van der Waals surface area contributed by atoms with Gasteiger partial charge in [-0.05, 0) is 36.8 Å². The second-order valence-electron chi connectivity index (χ2n) is 5.56. The minimum Gasteiger partial charge on any atom is -0.324 e. The molecule has 25 heavy (non-hydrogen) atoms. The van der Waals surface area contributed by atoms with E-state index in [9.17, 15) is 14.0 Å². The van der Waals surface area contributed by atoms with Crippen molar-refractivity contribution in [2.45, 2.75) is 19.3 Å². The number of amides is 1. The Bertz CT molecular complexity index is 987. The lowest BCUT2D eigenvalue weighted by molar-refractivity contribution is -0.116. The molecule has 5 nitrogen and oxygen atoms in total. The summed E-state index contributed by atoms with van der Waals surface area (Å²) in [4.78, 5) is 31.0. The fraction of sp³-hybridized carbons (Fsp3) is 0.167. The van der Waals surface area contributed by atoms with Gasteiger partial charge in [0.2, 0.25) is 5.91 Å². The Kier molecular flexibility index (Phi) is 5.23. The van der Waals surface area contributed by atoms with Crippen molar-refractivity contribution >= 4 is 38.4 Å². The number of carbonyl (C=O) groups excluding carboxylic acids is 1. The Labute approximate surface area is 151 Å². The summed E-state index contributed by atoms with van der Waals surface area (Å²) in [5.74, 6) is -0.251. The molecular formula is C18H15BrFN3O2. The minimum absolute atomic E-state index is 0.144. The lowest BCUT2D eigenvalue weighted by Crippen LogP contribution is -2.14. The first kappa shape index (κ1) is 17.3. The summed E-state index contributed by atoms with van der Waals surface area (Å²) in [5.41, 5.74) is 0.579. The number of carbonyl (C=O) groups is 1. The van der Waals surface area contributed by atoms with Gasteiger partial charge in [-0.2, -0.15) is 0 Å². The number of fused-ring (bicyclic) bond motifs is 1. The highest BCUT2D eigenvalue weighted by molar-refractivity contribution is 9.10. The number of nitrogens with one attached hydrogen (secondary N) is 2. The summed E-state index contributed by atoms with van der Waals surface area (Å²) in [7, 11) is 0. The third-order valence-corrected chi connectivity index (χ3v) is 4.18. The molecule has 1 amide bonds. The number of rotatable bonds is 5. The molecule has 0 aliphatic heterocycles. The predicted molar refractivity (Wildman–Crippen MR) is 98.0 cm³/mol. The SMILES string of the molecule is O=C(CCCc1nc2ccccc2c(=O)[nH]1)Nc1ccc(Br)cc1F. The molecular weight excluding hydrogens is 389 g/mol. The van der Waals surface area contributed by atoms with Gasteiger partial charge in [-0.15, -0.1) is 0 Å². The van der Waals surface area contributed by atoms with Gasteiger partial charge in [0.25, 0.3) is 5.56 Å². The van der Waals surface area contributed by atoms with Crippen LogP contribution in [0.1, 0.15) is 18.7 Å². The lowest BCUT2D eigenvalue weighted by atomic mass is 10.2. The first-order valence-corrected chi connectivity index (χ1v) is 8.55.